The zero-order valence-corrected chi connectivity index (χ0v) is 9.72. The summed E-state index contributed by atoms with van der Waals surface area (Å²) in [6.07, 6.45) is 0. The van der Waals surface area contributed by atoms with E-state index < -0.39 is 4.92 Å². The standard InChI is InChI=1S/C11H11N3O3/c1-6-7(2)13-17-11(6)9-4-5-10(14(15)16)8(3)12-9/h4-5H,1-3H3. The van der Waals surface area contributed by atoms with Crippen LogP contribution in [0.25, 0.3) is 11.5 Å². The van der Waals surface area contributed by atoms with Crippen molar-refractivity contribution in [2.45, 2.75) is 20.8 Å². The van der Waals surface area contributed by atoms with Crippen LogP contribution in [0.3, 0.4) is 0 Å². The lowest BCUT2D eigenvalue weighted by atomic mass is 10.1. The molecule has 0 aromatic carbocycles. The van der Waals surface area contributed by atoms with Gasteiger partial charge in [0, 0.05) is 11.6 Å². The highest BCUT2D eigenvalue weighted by Gasteiger charge is 2.16. The number of aryl methyl sites for hydroxylation is 2. The van der Waals surface area contributed by atoms with Gasteiger partial charge in [0.15, 0.2) is 5.76 Å². The smallest absolute Gasteiger partial charge is 0.290 e. The lowest BCUT2D eigenvalue weighted by Crippen LogP contribution is -1.95. The largest absolute Gasteiger partial charge is 0.354 e. The molecule has 0 fully saturated rings. The van der Waals surface area contributed by atoms with Crippen LogP contribution in [0.1, 0.15) is 17.0 Å². The summed E-state index contributed by atoms with van der Waals surface area (Å²) in [7, 11) is 0. The van der Waals surface area contributed by atoms with Gasteiger partial charge in [-0.25, -0.2) is 4.98 Å². The Hall–Kier alpha value is -2.24. The Balaban J connectivity index is 2.52. The normalized spacial score (nSPS) is 10.5. The van der Waals surface area contributed by atoms with Gasteiger partial charge in [-0.3, -0.25) is 10.1 Å². The van der Waals surface area contributed by atoms with Gasteiger partial charge in [-0.1, -0.05) is 5.16 Å². The van der Waals surface area contributed by atoms with E-state index in [1.54, 1.807) is 13.0 Å². The molecule has 0 unspecified atom stereocenters. The summed E-state index contributed by atoms with van der Waals surface area (Å²) >= 11 is 0. The van der Waals surface area contributed by atoms with Crippen molar-refractivity contribution < 1.29 is 9.45 Å². The summed E-state index contributed by atoms with van der Waals surface area (Å²) in [5.41, 5.74) is 2.61. The molecule has 0 radical (unpaired) electrons. The monoisotopic (exact) mass is 233 g/mol. The van der Waals surface area contributed by atoms with E-state index in [1.807, 2.05) is 13.8 Å². The van der Waals surface area contributed by atoms with Crippen LogP contribution < -0.4 is 0 Å². The molecule has 6 nitrogen and oxygen atoms in total. The van der Waals surface area contributed by atoms with Crippen LogP contribution >= 0.6 is 0 Å². The third-order valence-electron chi connectivity index (χ3n) is 2.64. The first-order chi connectivity index (χ1) is 8.00. The Labute approximate surface area is 97.4 Å². The Morgan fingerprint density at radius 3 is 2.41 bits per heavy atom. The van der Waals surface area contributed by atoms with E-state index in [0.717, 1.165) is 11.3 Å². The number of aromatic nitrogens is 2. The molecule has 0 aliphatic heterocycles. The average molecular weight is 233 g/mol. The van der Waals surface area contributed by atoms with E-state index in [-0.39, 0.29) is 5.69 Å². The molecule has 0 amide bonds. The number of rotatable bonds is 2. The van der Waals surface area contributed by atoms with Gasteiger partial charge < -0.3 is 4.52 Å². The van der Waals surface area contributed by atoms with Crippen LogP contribution in [-0.2, 0) is 0 Å². The van der Waals surface area contributed by atoms with Gasteiger partial charge in [0.1, 0.15) is 11.4 Å². The first kappa shape index (κ1) is 11.3. The highest BCUT2D eigenvalue weighted by atomic mass is 16.6. The Morgan fingerprint density at radius 2 is 1.94 bits per heavy atom. The van der Waals surface area contributed by atoms with Crippen molar-refractivity contribution in [1.82, 2.24) is 10.1 Å². The van der Waals surface area contributed by atoms with Gasteiger partial charge in [0.2, 0.25) is 0 Å². The molecule has 2 rings (SSSR count). The molecule has 0 bridgehead atoms. The predicted octanol–water partition coefficient (Wildman–Crippen LogP) is 2.57. The second kappa shape index (κ2) is 3.97. The average Bonchev–Trinajstić information content (AvgIpc) is 2.59. The highest BCUT2D eigenvalue weighted by Crippen LogP contribution is 2.26. The molecule has 0 saturated heterocycles. The Morgan fingerprint density at radius 1 is 1.24 bits per heavy atom. The first-order valence-electron chi connectivity index (χ1n) is 5.06. The molecule has 0 aliphatic carbocycles. The van der Waals surface area contributed by atoms with E-state index in [4.69, 9.17) is 4.52 Å². The fraction of sp³-hybridized carbons (Fsp3) is 0.273. The van der Waals surface area contributed by atoms with E-state index in [2.05, 4.69) is 10.1 Å². The van der Waals surface area contributed by atoms with Gasteiger partial charge in [-0.2, -0.15) is 0 Å². The van der Waals surface area contributed by atoms with E-state index >= 15 is 0 Å². The van der Waals surface area contributed by atoms with Crippen LogP contribution in [0.15, 0.2) is 16.7 Å². The maximum absolute atomic E-state index is 10.7. The third-order valence-corrected chi connectivity index (χ3v) is 2.64. The second-order valence-corrected chi connectivity index (χ2v) is 3.78. The minimum absolute atomic E-state index is 0.00244. The zero-order valence-electron chi connectivity index (χ0n) is 9.72. The first-order valence-corrected chi connectivity index (χ1v) is 5.06. The molecular formula is C11H11N3O3. The lowest BCUT2D eigenvalue weighted by molar-refractivity contribution is -0.385. The molecule has 0 saturated carbocycles. The number of nitro groups is 1. The maximum Gasteiger partial charge on any atom is 0.290 e. The van der Waals surface area contributed by atoms with Crippen molar-refractivity contribution in [3.63, 3.8) is 0 Å². The van der Waals surface area contributed by atoms with Crippen molar-refractivity contribution in [2.75, 3.05) is 0 Å². The SMILES string of the molecule is Cc1nc(-c2onc(C)c2C)ccc1[N+](=O)[O-]. The van der Waals surface area contributed by atoms with Crippen molar-refractivity contribution in [1.29, 1.82) is 0 Å². The van der Waals surface area contributed by atoms with Gasteiger partial charge >= 0.3 is 0 Å². The zero-order chi connectivity index (χ0) is 12.6. The Bertz CT molecular complexity index is 590. The highest BCUT2D eigenvalue weighted by molar-refractivity contribution is 5.59. The predicted molar refractivity (Wildman–Crippen MR) is 60.6 cm³/mol. The van der Waals surface area contributed by atoms with Crippen LogP contribution in [0.5, 0.6) is 0 Å². The van der Waals surface area contributed by atoms with Crippen LogP contribution in [0, 0.1) is 30.9 Å². The molecule has 17 heavy (non-hydrogen) atoms. The summed E-state index contributed by atoms with van der Waals surface area (Å²) in [6, 6.07) is 2.99. The van der Waals surface area contributed by atoms with Crippen molar-refractivity contribution in [2.24, 2.45) is 0 Å². The van der Waals surface area contributed by atoms with Gasteiger partial charge in [0.05, 0.1) is 10.6 Å². The molecule has 88 valence electrons. The maximum atomic E-state index is 10.7. The molecule has 2 heterocycles. The molecule has 0 aliphatic rings. The van der Waals surface area contributed by atoms with Gasteiger partial charge in [0.25, 0.3) is 5.69 Å². The quantitative estimate of drug-likeness (QED) is 0.588. The topological polar surface area (TPSA) is 82.1 Å². The fourth-order valence-electron chi connectivity index (χ4n) is 1.53. The number of pyridine rings is 1. The third kappa shape index (κ3) is 1.89. The van der Waals surface area contributed by atoms with Crippen molar-refractivity contribution in [3.8, 4) is 11.5 Å². The Kier molecular flexibility index (Phi) is 2.63. The van der Waals surface area contributed by atoms with Crippen LogP contribution in [-0.4, -0.2) is 15.1 Å². The minimum atomic E-state index is -0.454. The summed E-state index contributed by atoms with van der Waals surface area (Å²) in [6.45, 7) is 5.31. The van der Waals surface area contributed by atoms with Gasteiger partial charge in [-0.15, -0.1) is 0 Å². The molecule has 0 N–H and O–H groups in total. The van der Waals surface area contributed by atoms with Gasteiger partial charge in [-0.05, 0) is 26.8 Å². The van der Waals surface area contributed by atoms with E-state index in [1.165, 1.54) is 6.07 Å². The van der Waals surface area contributed by atoms with Crippen LogP contribution in [0.4, 0.5) is 5.69 Å². The molecular weight excluding hydrogens is 222 g/mol. The van der Waals surface area contributed by atoms with Crippen LogP contribution in [0.2, 0.25) is 0 Å². The molecule has 6 heteroatoms. The summed E-state index contributed by atoms with van der Waals surface area (Å²) < 4.78 is 5.15. The lowest BCUT2D eigenvalue weighted by Gasteiger charge is -2.00. The van der Waals surface area contributed by atoms with Crippen molar-refractivity contribution in [3.05, 3.63) is 39.2 Å². The molecule has 2 aromatic rings. The van der Waals surface area contributed by atoms with E-state index in [9.17, 15) is 10.1 Å². The summed E-state index contributed by atoms with van der Waals surface area (Å²) in [5.74, 6) is 0.556. The number of hydrogen-bond donors (Lipinski definition) is 0. The molecule has 0 atom stereocenters. The molecule has 0 spiro atoms. The summed E-state index contributed by atoms with van der Waals surface area (Å²) in [5, 5.41) is 14.5. The number of hydrogen-bond acceptors (Lipinski definition) is 5. The minimum Gasteiger partial charge on any atom is -0.354 e. The van der Waals surface area contributed by atoms with E-state index in [0.29, 0.717) is 17.1 Å². The molecule has 2 aromatic heterocycles. The van der Waals surface area contributed by atoms with Crippen molar-refractivity contribution >= 4 is 5.69 Å². The second-order valence-electron chi connectivity index (χ2n) is 3.78. The fourth-order valence-corrected chi connectivity index (χ4v) is 1.53. The summed E-state index contributed by atoms with van der Waals surface area (Å²) in [4.78, 5) is 14.4. The number of nitrogens with zero attached hydrogens (tertiary/aromatic N) is 3.